The molecule has 0 saturated heterocycles. The van der Waals surface area contributed by atoms with Gasteiger partial charge in [0, 0.05) is 5.69 Å². The Morgan fingerprint density at radius 3 is 1.54 bits per heavy atom. The van der Waals surface area contributed by atoms with Gasteiger partial charge < -0.3 is 14.4 Å². The van der Waals surface area contributed by atoms with Gasteiger partial charge >= 0.3 is 0 Å². The first kappa shape index (κ1) is 19.5. The zero-order valence-electron chi connectivity index (χ0n) is 18.5. The lowest BCUT2D eigenvalue weighted by atomic mass is 10.0. The van der Waals surface area contributed by atoms with E-state index in [0.717, 1.165) is 56.0 Å². The van der Waals surface area contributed by atoms with Crippen molar-refractivity contribution in [1.82, 2.24) is 0 Å². The molecule has 3 aliphatic rings. The highest BCUT2D eigenvalue weighted by Crippen LogP contribution is 2.64. The van der Waals surface area contributed by atoms with Crippen molar-refractivity contribution >= 4 is 50.8 Å². The SMILES string of the molecule is S=P12c3c4cccc3Oc3cccc(c31)N(c1ccc(-c3ccccc3)cc1)c1cccc(c12)O4. The van der Waals surface area contributed by atoms with Crippen molar-refractivity contribution in [3.05, 3.63) is 109 Å². The van der Waals surface area contributed by atoms with Crippen LogP contribution in [0, 0.1) is 0 Å². The van der Waals surface area contributed by atoms with Gasteiger partial charge in [0.15, 0.2) is 0 Å². The van der Waals surface area contributed by atoms with Crippen LogP contribution < -0.4 is 30.3 Å². The van der Waals surface area contributed by atoms with Crippen molar-refractivity contribution in [2.45, 2.75) is 0 Å². The maximum Gasteiger partial charge on any atom is 0.140 e. The zero-order valence-corrected chi connectivity index (χ0v) is 20.2. The van der Waals surface area contributed by atoms with Gasteiger partial charge in [0.05, 0.1) is 33.3 Å². The summed E-state index contributed by atoms with van der Waals surface area (Å²) in [7, 11) is 0. The maximum absolute atomic E-state index is 6.70. The van der Waals surface area contributed by atoms with Gasteiger partial charge in [-0.25, -0.2) is 0 Å². The van der Waals surface area contributed by atoms with Crippen molar-refractivity contribution in [2.75, 3.05) is 4.90 Å². The van der Waals surface area contributed by atoms with E-state index in [4.69, 9.17) is 21.3 Å². The molecule has 3 aliphatic heterocycles. The summed E-state index contributed by atoms with van der Waals surface area (Å²) in [6.45, 7) is 0. The van der Waals surface area contributed by atoms with E-state index in [-0.39, 0.29) is 0 Å². The standard InChI is InChI=1S/C30H18NO2PS/c35-34-28-22-9-4-11-24(28)32-26-13-6-14-27(30(26)34)33-25-12-5-10-23(29(25)34)31(22)21-17-15-20(16-18-21)19-7-2-1-3-8-19/h1-18H. The summed E-state index contributed by atoms with van der Waals surface area (Å²) in [5.41, 5.74) is 5.65. The highest BCUT2D eigenvalue weighted by atomic mass is 32.4. The minimum absolute atomic E-state index is 0.816. The predicted molar refractivity (Wildman–Crippen MR) is 146 cm³/mol. The van der Waals surface area contributed by atoms with Crippen LogP contribution >= 0.6 is 6.04 Å². The van der Waals surface area contributed by atoms with Crippen LogP contribution in [0.2, 0.25) is 0 Å². The fourth-order valence-corrected chi connectivity index (χ4v) is 10.6. The fourth-order valence-electron chi connectivity index (χ4n) is 5.57. The molecule has 166 valence electrons. The molecule has 8 rings (SSSR count). The second-order valence-corrected chi connectivity index (χ2v) is 13.1. The molecule has 0 aliphatic carbocycles. The number of hydrogen-bond acceptors (Lipinski definition) is 4. The van der Waals surface area contributed by atoms with Crippen LogP contribution in [0.15, 0.2) is 109 Å². The summed E-state index contributed by atoms with van der Waals surface area (Å²) >= 11 is 6.70. The van der Waals surface area contributed by atoms with Gasteiger partial charge in [-0.05, 0) is 59.7 Å². The Morgan fingerprint density at radius 2 is 0.971 bits per heavy atom. The molecule has 0 amide bonds. The molecule has 0 bridgehead atoms. The highest BCUT2D eigenvalue weighted by molar-refractivity contribution is 8.26. The van der Waals surface area contributed by atoms with Crippen LogP contribution in [-0.4, -0.2) is 0 Å². The first-order chi connectivity index (χ1) is 17.2. The van der Waals surface area contributed by atoms with E-state index < -0.39 is 6.04 Å². The Balaban J connectivity index is 1.40. The van der Waals surface area contributed by atoms with E-state index in [1.807, 2.05) is 36.4 Å². The lowest BCUT2D eigenvalue weighted by Crippen LogP contribution is -2.42. The second kappa shape index (κ2) is 6.85. The number of rotatable bonds is 2. The summed E-state index contributed by atoms with van der Waals surface area (Å²) in [5.74, 6) is 3.33. The van der Waals surface area contributed by atoms with Gasteiger partial charge in [0.25, 0.3) is 0 Å². The number of anilines is 3. The van der Waals surface area contributed by atoms with Crippen molar-refractivity contribution in [3.63, 3.8) is 0 Å². The van der Waals surface area contributed by atoms with Gasteiger partial charge in [0.2, 0.25) is 0 Å². The predicted octanol–water partition coefficient (Wildman–Crippen LogP) is 7.10. The normalized spacial score (nSPS) is 15.0. The molecule has 0 unspecified atom stereocenters. The van der Waals surface area contributed by atoms with Gasteiger partial charge in [0.1, 0.15) is 23.0 Å². The molecule has 0 spiro atoms. The average Bonchev–Trinajstić information content (AvgIpc) is 2.89. The van der Waals surface area contributed by atoms with Crippen molar-refractivity contribution < 1.29 is 9.47 Å². The summed E-state index contributed by atoms with van der Waals surface area (Å²) in [6, 6.07) is 35.4. The Hall–Kier alpha value is -3.85. The van der Waals surface area contributed by atoms with Crippen LogP contribution in [0.1, 0.15) is 0 Å². The molecular weight excluding hydrogens is 469 g/mol. The number of hydrogen-bond donors (Lipinski definition) is 0. The Kier molecular flexibility index (Phi) is 3.81. The molecule has 0 N–H and O–H groups in total. The number of benzene rings is 5. The smallest absolute Gasteiger partial charge is 0.140 e. The minimum atomic E-state index is -2.36. The summed E-state index contributed by atoms with van der Waals surface area (Å²) in [5, 5.41) is 3.27. The number of nitrogens with zero attached hydrogens (tertiary/aromatic N) is 1. The van der Waals surface area contributed by atoms with Crippen LogP contribution in [0.25, 0.3) is 11.1 Å². The van der Waals surface area contributed by atoms with Crippen LogP contribution in [0.3, 0.4) is 0 Å². The largest absolute Gasteiger partial charge is 0.456 e. The minimum Gasteiger partial charge on any atom is -0.456 e. The zero-order chi connectivity index (χ0) is 23.1. The highest BCUT2D eigenvalue weighted by Gasteiger charge is 2.49. The molecule has 0 saturated carbocycles. The van der Waals surface area contributed by atoms with E-state index in [9.17, 15) is 0 Å². The van der Waals surface area contributed by atoms with E-state index in [0.29, 0.717) is 0 Å². The molecule has 0 aromatic heterocycles. The van der Waals surface area contributed by atoms with Crippen LogP contribution in [0.4, 0.5) is 17.1 Å². The molecule has 3 nitrogen and oxygen atoms in total. The summed E-state index contributed by atoms with van der Waals surface area (Å²) < 4.78 is 12.9. The Bertz CT molecular complexity index is 1650. The van der Waals surface area contributed by atoms with Crippen LogP contribution in [0.5, 0.6) is 23.0 Å². The van der Waals surface area contributed by atoms with E-state index in [1.165, 1.54) is 11.1 Å². The fraction of sp³-hybridized carbons (Fsp3) is 0. The second-order valence-electron chi connectivity index (χ2n) is 8.91. The average molecular weight is 488 g/mol. The van der Waals surface area contributed by atoms with E-state index >= 15 is 0 Å². The molecule has 5 aromatic carbocycles. The number of ether oxygens (including phenoxy) is 2. The maximum atomic E-state index is 6.70. The molecule has 0 fully saturated rings. The first-order valence-electron chi connectivity index (χ1n) is 11.6. The molecular formula is C30H18NO2PS. The molecule has 3 heterocycles. The third kappa shape index (κ3) is 2.48. The molecule has 35 heavy (non-hydrogen) atoms. The van der Waals surface area contributed by atoms with Gasteiger partial charge in [-0.3, -0.25) is 0 Å². The quantitative estimate of drug-likeness (QED) is 0.242. The first-order valence-corrected chi connectivity index (χ1v) is 14.4. The topological polar surface area (TPSA) is 21.7 Å². The van der Waals surface area contributed by atoms with Gasteiger partial charge in [-0.15, -0.1) is 0 Å². The molecule has 0 atom stereocenters. The monoisotopic (exact) mass is 487 g/mol. The summed E-state index contributed by atoms with van der Waals surface area (Å²) in [6.07, 6.45) is 0. The third-order valence-corrected chi connectivity index (χ3v) is 11.9. The molecule has 5 aromatic rings. The molecule has 5 heteroatoms. The summed E-state index contributed by atoms with van der Waals surface area (Å²) in [4.78, 5) is 2.31. The third-order valence-electron chi connectivity index (χ3n) is 7.02. The van der Waals surface area contributed by atoms with Crippen LogP contribution in [-0.2, 0) is 11.8 Å². The van der Waals surface area contributed by atoms with Gasteiger partial charge in [-0.2, -0.15) is 0 Å². The lowest BCUT2D eigenvalue weighted by molar-refractivity contribution is 0.466. The van der Waals surface area contributed by atoms with Crippen molar-refractivity contribution in [2.24, 2.45) is 0 Å². The van der Waals surface area contributed by atoms with Gasteiger partial charge in [-0.1, -0.05) is 72.5 Å². The van der Waals surface area contributed by atoms with E-state index in [1.54, 1.807) is 0 Å². The van der Waals surface area contributed by atoms with Crippen molar-refractivity contribution in [3.8, 4) is 34.1 Å². The Labute approximate surface area is 208 Å². The lowest BCUT2D eigenvalue weighted by Gasteiger charge is -2.45. The van der Waals surface area contributed by atoms with Crippen molar-refractivity contribution in [1.29, 1.82) is 0 Å². The molecule has 0 radical (unpaired) electrons. The van der Waals surface area contributed by atoms with E-state index in [2.05, 4.69) is 77.7 Å². The Morgan fingerprint density at radius 1 is 0.486 bits per heavy atom.